The Balaban J connectivity index is 0.00000380. The molecule has 2 aromatic rings. The first-order chi connectivity index (χ1) is 17.2. The highest BCUT2D eigenvalue weighted by Gasteiger charge is 2.54. The molecule has 0 bridgehead atoms. The number of pyridine rings is 1. The molecule has 4 heterocycles. The van der Waals surface area contributed by atoms with Crippen molar-refractivity contribution >= 4 is 59.2 Å². The van der Waals surface area contributed by atoms with Gasteiger partial charge in [-0.1, -0.05) is 6.07 Å². The minimum atomic E-state index is -3.78. The SMILES string of the molecule is COP(=O)(/C=C(\C(=O)N[C@@H]1C(=O)N2C(C(=O)O)=C(C[n+]3ccccc3)CS[C@H]12)c1csc(N)n1)OC.[I-]. The quantitative estimate of drug-likeness (QED) is 0.0914. The molecular formula is C21H23IN5O7PS2. The fraction of sp³-hybridized carbons (Fsp3) is 0.286. The van der Waals surface area contributed by atoms with Gasteiger partial charge in [0.05, 0.1) is 11.3 Å². The Morgan fingerprint density at radius 1 is 1.32 bits per heavy atom. The number of carboxylic acid groups (broad SMARTS) is 1. The zero-order chi connectivity index (χ0) is 26.0. The van der Waals surface area contributed by atoms with Gasteiger partial charge in [0.2, 0.25) is 0 Å². The van der Waals surface area contributed by atoms with E-state index in [-0.39, 0.29) is 46.1 Å². The van der Waals surface area contributed by atoms with Crippen LogP contribution in [0.3, 0.4) is 0 Å². The fourth-order valence-corrected chi connectivity index (χ4v) is 6.60. The number of halogens is 1. The number of hydrogen-bond donors (Lipinski definition) is 3. The fourth-order valence-electron chi connectivity index (χ4n) is 3.77. The molecule has 4 N–H and O–H groups in total. The van der Waals surface area contributed by atoms with E-state index in [4.69, 9.17) is 14.8 Å². The minimum absolute atomic E-state index is 0. The number of amides is 2. The Morgan fingerprint density at radius 3 is 2.57 bits per heavy atom. The number of fused-ring (bicyclic) bond motifs is 1. The zero-order valence-corrected chi connectivity index (χ0v) is 24.3. The highest BCUT2D eigenvalue weighted by molar-refractivity contribution is 8.00. The molecule has 0 aliphatic carbocycles. The number of hydrogen-bond acceptors (Lipinski definition) is 10. The Labute approximate surface area is 237 Å². The number of anilines is 1. The van der Waals surface area contributed by atoms with Crippen molar-refractivity contribution in [3.05, 3.63) is 58.8 Å². The van der Waals surface area contributed by atoms with Crippen LogP contribution < -0.4 is 39.6 Å². The van der Waals surface area contributed by atoms with Crippen molar-refractivity contribution in [1.82, 2.24) is 15.2 Å². The maximum atomic E-state index is 13.2. The largest absolute Gasteiger partial charge is 1.00 e. The van der Waals surface area contributed by atoms with Crippen LogP contribution in [0.15, 0.2) is 53.1 Å². The number of rotatable bonds is 9. The summed E-state index contributed by atoms with van der Waals surface area (Å²) in [5, 5.41) is 13.6. The summed E-state index contributed by atoms with van der Waals surface area (Å²) in [5.74, 6) is -1.15. The van der Waals surface area contributed by atoms with Crippen LogP contribution >= 0.6 is 30.7 Å². The van der Waals surface area contributed by atoms with E-state index in [2.05, 4.69) is 10.3 Å². The highest BCUT2D eigenvalue weighted by Crippen LogP contribution is 2.50. The van der Waals surface area contributed by atoms with E-state index in [1.165, 1.54) is 36.3 Å². The van der Waals surface area contributed by atoms with Gasteiger partial charge in [-0.25, -0.2) is 14.3 Å². The Hall–Kier alpha value is -2.30. The second kappa shape index (κ2) is 12.0. The molecule has 2 aliphatic heterocycles. The number of aliphatic carboxylic acids is 1. The van der Waals surface area contributed by atoms with Crippen LogP contribution in [0.25, 0.3) is 5.57 Å². The summed E-state index contributed by atoms with van der Waals surface area (Å²) >= 11 is 2.42. The van der Waals surface area contributed by atoms with Gasteiger partial charge in [0, 0.05) is 48.9 Å². The van der Waals surface area contributed by atoms with Crippen LogP contribution in [0.2, 0.25) is 0 Å². The molecule has 0 unspecified atom stereocenters. The van der Waals surface area contributed by atoms with Gasteiger partial charge in [0.25, 0.3) is 11.8 Å². The Bertz CT molecular complexity index is 1310. The number of thioether (sulfide) groups is 1. The summed E-state index contributed by atoms with van der Waals surface area (Å²) in [5.41, 5.74) is 6.19. The third-order valence-electron chi connectivity index (χ3n) is 5.53. The monoisotopic (exact) mass is 679 g/mol. The lowest BCUT2D eigenvalue weighted by Crippen LogP contribution is -3.00. The third-order valence-corrected chi connectivity index (χ3v) is 9.13. The van der Waals surface area contributed by atoms with Crippen molar-refractivity contribution in [2.24, 2.45) is 0 Å². The van der Waals surface area contributed by atoms with E-state index in [9.17, 15) is 24.1 Å². The summed E-state index contributed by atoms with van der Waals surface area (Å²) in [4.78, 5) is 43.6. The molecule has 2 atom stereocenters. The van der Waals surface area contributed by atoms with Gasteiger partial charge < -0.3 is 49.2 Å². The molecule has 2 aliphatic rings. The first-order valence-electron chi connectivity index (χ1n) is 10.5. The number of carboxylic acids is 1. The molecule has 1 saturated heterocycles. The number of aromatic nitrogens is 2. The van der Waals surface area contributed by atoms with Gasteiger partial charge in [-0.3, -0.25) is 19.1 Å². The van der Waals surface area contributed by atoms with E-state index >= 15 is 0 Å². The first kappa shape index (κ1) is 29.3. The lowest BCUT2D eigenvalue weighted by molar-refractivity contribution is -0.689. The van der Waals surface area contributed by atoms with E-state index in [1.807, 2.05) is 35.2 Å². The van der Waals surface area contributed by atoms with E-state index < -0.39 is 36.8 Å². The number of carbonyl (C=O) groups excluding carboxylic acids is 2. The van der Waals surface area contributed by atoms with Crippen molar-refractivity contribution in [1.29, 1.82) is 0 Å². The van der Waals surface area contributed by atoms with Crippen LogP contribution in [-0.4, -0.2) is 64.2 Å². The molecule has 2 amide bonds. The minimum Gasteiger partial charge on any atom is -1.00 e. The Morgan fingerprint density at radius 2 is 2.00 bits per heavy atom. The number of β-lactam (4-membered cyclic amide) rings is 1. The van der Waals surface area contributed by atoms with Crippen LogP contribution in [0, 0.1) is 0 Å². The molecule has 0 radical (unpaired) electrons. The smallest absolute Gasteiger partial charge is 0.354 e. The standard InChI is InChI=1S/C21H22N5O7PS2.HI/c1-32-34(31,33-2)9-13(14-11-36-21(22)23-14)17(27)24-15-18(28)26-16(20(29)30)12(10-35-19(15)26)8-25-6-4-3-5-7-25;/h3-7,9,11,15,19H,8,10H2,1-2H3,(H3-,22,23,24,27,29,30);1H/b13-9-;/t15-,19-;/m1./s1. The summed E-state index contributed by atoms with van der Waals surface area (Å²) in [6.45, 7) is 0.310. The molecule has 1 fully saturated rings. The van der Waals surface area contributed by atoms with Crippen LogP contribution in [0.4, 0.5) is 5.13 Å². The average molecular weight is 679 g/mol. The molecule has 4 rings (SSSR count). The van der Waals surface area contributed by atoms with Gasteiger partial charge in [-0.05, 0) is 0 Å². The predicted octanol–water partition coefficient (Wildman–Crippen LogP) is -1.72. The summed E-state index contributed by atoms with van der Waals surface area (Å²) < 4.78 is 24.4. The maximum absolute atomic E-state index is 13.2. The summed E-state index contributed by atoms with van der Waals surface area (Å²) in [7, 11) is -1.44. The highest BCUT2D eigenvalue weighted by atomic mass is 127. The topological polar surface area (TPSA) is 165 Å². The molecule has 16 heteroatoms. The molecule has 37 heavy (non-hydrogen) atoms. The molecule has 198 valence electrons. The zero-order valence-electron chi connectivity index (χ0n) is 19.6. The van der Waals surface area contributed by atoms with Gasteiger partial charge >= 0.3 is 13.6 Å². The molecule has 0 aromatic carbocycles. The van der Waals surface area contributed by atoms with Crippen molar-refractivity contribution < 1.29 is 61.6 Å². The second-order valence-corrected chi connectivity index (χ2v) is 11.7. The molecule has 12 nitrogen and oxygen atoms in total. The lowest BCUT2D eigenvalue weighted by atomic mass is 10.0. The summed E-state index contributed by atoms with van der Waals surface area (Å²) in [6.07, 6.45) is 3.62. The first-order valence-corrected chi connectivity index (χ1v) is 14.0. The van der Waals surface area contributed by atoms with Crippen molar-refractivity contribution in [3.8, 4) is 0 Å². The average Bonchev–Trinajstić information content (AvgIpc) is 3.31. The van der Waals surface area contributed by atoms with Crippen LogP contribution in [-0.2, 0) is 34.5 Å². The normalized spacial score (nSPS) is 19.6. The Kier molecular flexibility index (Phi) is 9.52. The molecular weight excluding hydrogens is 656 g/mol. The summed E-state index contributed by atoms with van der Waals surface area (Å²) in [6, 6.07) is 4.51. The molecule has 2 aromatic heterocycles. The van der Waals surface area contributed by atoms with Crippen LogP contribution in [0.5, 0.6) is 0 Å². The van der Waals surface area contributed by atoms with Gasteiger partial charge in [-0.2, -0.15) is 0 Å². The van der Waals surface area contributed by atoms with Crippen molar-refractivity contribution in [3.63, 3.8) is 0 Å². The number of nitrogens with two attached hydrogens (primary N) is 1. The molecule has 0 spiro atoms. The van der Waals surface area contributed by atoms with Gasteiger partial charge in [0.1, 0.15) is 17.1 Å². The number of nitrogens with zero attached hydrogens (tertiary/aromatic N) is 3. The van der Waals surface area contributed by atoms with E-state index in [0.29, 0.717) is 17.9 Å². The number of nitrogen functional groups attached to an aromatic ring is 1. The third kappa shape index (κ3) is 6.07. The molecule has 0 saturated carbocycles. The predicted molar refractivity (Wildman–Crippen MR) is 132 cm³/mol. The lowest BCUT2D eigenvalue weighted by Gasteiger charge is -2.49. The number of nitrogens with one attached hydrogen (secondary N) is 1. The van der Waals surface area contributed by atoms with Gasteiger partial charge in [-0.15, -0.1) is 23.1 Å². The second-order valence-electron chi connectivity index (χ2n) is 7.68. The number of thiazole rings is 1. The maximum Gasteiger partial charge on any atom is 0.354 e. The van der Waals surface area contributed by atoms with Crippen molar-refractivity contribution in [2.45, 2.75) is 18.0 Å². The van der Waals surface area contributed by atoms with Crippen LogP contribution in [0.1, 0.15) is 5.69 Å². The van der Waals surface area contributed by atoms with E-state index in [0.717, 1.165) is 17.2 Å². The van der Waals surface area contributed by atoms with Gasteiger partial charge in [0.15, 0.2) is 24.1 Å². The van der Waals surface area contributed by atoms with Crippen molar-refractivity contribution in [2.75, 3.05) is 25.7 Å². The van der Waals surface area contributed by atoms with E-state index in [1.54, 1.807) is 0 Å². The number of carbonyl (C=O) groups is 3.